The van der Waals surface area contributed by atoms with Crippen LogP contribution >= 0.6 is 11.3 Å². The van der Waals surface area contributed by atoms with Crippen LogP contribution in [-0.2, 0) is 11.2 Å². The molecule has 0 fully saturated rings. The number of carbonyl (C=O) groups is 2. The second-order valence-electron chi connectivity index (χ2n) is 8.99. The summed E-state index contributed by atoms with van der Waals surface area (Å²) in [5.74, 6) is 0.676. The first kappa shape index (κ1) is 24.6. The molecule has 3 heterocycles. The highest BCUT2D eigenvalue weighted by atomic mass is 32.1. The number of anilines is 1. The van der Waals surface area contributed by atoms with E-state index in [4.69, 9.17) is 4.98 Å². The lowest BCUT2D eigenvalue weighted by atomic mass is 10.1. The third-order valence-corrected chi connectivity index (χ3v) is 7.43. The molecule has 1 atom stereocenters. The van der Waals surface area contributed by atoms with Gasteiger partial charge in [-0.15, -0.1) is 11.3 Å². The number of H-pyrrole nitrogens is 1. The summed E-state index contributed by atoms with van der Waals surface area (Å²) in [5, 5.41) is 3.92. The van der Waals surface area contributed by atoms with E-state index >= 15 is 0 Å². The number of rotatable bonds is 9. The Kier molecular flexibility index (Phi) is 7.28. The number of hydrogen-bond acceptors (Lipinski definition) is 5. The zero-order valence-electron chi connectivity index (χ0n) is 20.9. The van der Waals surface area contributed by atoms with E-state index in [1.54, 1.807) is 6.20 Å². The summed E-state index contributed by atoms with van der Waals surface area (Å²) in [6.45, 7) is 4.51. The van der Waals surface area contributed by atoms with Crippen molar-refractivity contribution < 1.29 is 9.59 Å². The van der Waals surface area contributed by atoms with Gasteiger partial charge in [-0.05, 0) is 67.3 Å². The summed E-state index contributed by atoms with van der Waals surface area (Å²) in [6, 6.07) is 21.2. The minimum atomic E-state index is -0.281. The fourth-order valence-corrected chi connectivity index (χ4v) is 5.40. The normalized spacial score (nSPS) is 12.1. The number of thiophene rings is 1. The first-order valence-electron chi connectivity index (χ1n) is 12.5. The minimum absolute atomic E-state index is 0.0394. The van der Waals surface area contributed by atoms with Crippen LogP contribution in [0.4, 0.5) is 5.69 Å². The standard InChI is InChI=1S/C29H29N5O2S/c1-3-8-27(35)34(19(2)28-32-23-10-4-5-11-24(23)33-28)22-12-13-25-20(17-22)18-26(37-25)29(36)31-16-14-21-9-6-7-15-30-21/h4-7,9-13,15,17-19H,3,8,14,16H2,1-2H3,(H,31,36)(H,32,33). The van der Waals surface area contributed by atoms with Crippen LogP contribution in [0.2, 0.25) is 0 Å². The van der Waals surface area contributed by atoms with Gasteiger partial charge < -0.3 is 15.2 Å². The molecule has 0 radical (unpaired) electrons. The van der Waals surface area contributed by atoms with Gasteiger partial charge in [0.1, 0.15) is 5.82 Å². The van der Waals surface area contributed by atoms with E-state index in [0.717, 1.165) is 44.7 Å². The SMILES string of the molecule is CCCC(=O)N(c1ccc2sc(C(=O)NCCc3ccccn3)cc2c1)C(C)c1nc2ccccc2[nH]1. The lowest BCUT2D eigenvalue weighted by molar-refractivity contribution is -0.119. The summed E-state index contributed by atoms with van der Waals surface area (Å²) in [7, 11) is 0. The average Bonchev–Trinajstić information content (AvgIpc) is 3.54. The lowest BCUT2D eigenvalue weighted by Gasteiger charge is -2.28. The van der Waals surface area contributed by atoms with Gasteiger partial charge in [0.2, 0.25) is 5.91 Å². The van der Waals surface area contributed by atoms with E-state index < -0.39 is 0 Å². The first-order valence-corrected chi connectivity index (χ1v) is 13.3. The Morgan fingerprint density at radius 2 is 1.92 bits per heavy atom. The van der Waals surface area contributed by atoms with Gasteiger partial charge in [-0.25, -0.2) is 4.98 Å². The molecule has 8 heteroatoms. The molecular weight excluding hydrogens is 482 g/mol. The van der Waals surface area contributed by atoms with E-state index in [1.807, 2.05) is 85.5 Å². The highest BCUT2D eigenvalue weighted by Gasteiger charge is 2.25. The maximum Gasteiger partial charge on any atom is 0.261 e. The Morgan fingerprint density at radius 3 is 2.70 bits per heavy atom. The number of amides is 2. The van der Waals surface area contributed by atoms with E-state index in [0.29, 0.717) is 24.3 Å². The molecule has 37 heavy (non-hydrogen) atoms. The predicted molar refractivity (Wildman–Crippen MR) is 149 cm³/mol. The minimum Gasteiger partial charge on any atom is -0.351 e. The van der Waals surface area contributed by atoms with E-state index in [-0.39, 0.29) is 17.9 Å². The molecule has 0 aliphatic carbocycles. The van der Waals surface area contributed by atoms with E-state index in [1.165, 1.54) is 11.3 Å². The largest absolute Gasteiger partial charge is 0.351 e. The number of aromatic nitrogens is 3. The van der Waals surface area contributed by atoms with Crippen LogP contribution in [0, 0.1) is 0 Å². The highest BCUT2D eigenvalue weighted by Crippen LogP contribution is 2.33. The van der Waals surface area contributed by atoms with Crippen molar-refractivity contribution in [2.75, 3.05) is 11.4 Å². The van der Waals surface area contributed by atoms with Gasteiger partial charge in [-0.2, -0.15) is 0 Å². The molecule has 1 unspecified atom stereocenters. The van der Waals surface area contributed by atoms with Crippen molar-refractivity contribution >= 4 is 50.0 Å². The number of nitrogens with zero attached hydrogens (tertiary/aromatic N) is 3. The molecule has 0 aliphatic rings. The highest BCUT2D eigenvalue weighted by molar-refractivity contribution is 7.20. The number of pyridine rings is 1. The molecule has 5 aromatic rings. The molecule has 0 spiro atoms. The number of fused-ring (bicyclic) bond motifs is 2. The second-order valence-corrected chi connectivity index (χ2v) is 10.1. The molecule has 0 aliphatic heterocycles. The smallest absolute Gasteiger partial charge is 0.261 e. The van der Waals surface area contributed by atoms with Gasteiger partial charge in [-0.3, -0.25) is 14.6 Å². The van der Waals surface area contributed by atoms with Crippen molar-refractivity contribution in [3.8, 4) is 0 Å². The Hall–Kier alpha value is -4.04. The monoisotopic (exact) mass is 511 g/mol. The maximum atomic E-state index is 13.3. The molecular formula is C29H29N5O2S. The molecule has 2 amide bonds. The van der Waals surface area contributed by atoms with Crippen molar-refractivity contribution in [3.05, 3.63) is 89.3 Å². The van der Waals surface area contributed by atoms with Crippen molar-refractivity contribution in [1.82, 2.24) is 20.3 Å². The zero-order valence-corrected chi connectivity index (χ0v) is 21.7. The molecule has 3 aromatic heterocycles. The van der Waals surface area contributed by atoms with Crippen LogP contribution in [0.3, 0.4) is 0 Å². The number of nitrogens with one attached hydrogen (secondary N) is 2. The van der Waals surface area contributed by atoms with Gasteiger partial charge in [0.15, 0.2) is 0 Å². The molecule has 2 aromatic carbocycles. The van der Waals surface area contributed by atoms with Gasteiger partial charge in [-0.1, -0.05) is 25.1 Å². The fourth-order valence-electron chi connectivity index (χ4n) is 4.44. The van der Waals surface area contributed by atoms with Crippen molar-refractivity contribution in [2.45, 2.75) is 39.2 Å². The fraction of sp³-hybridized carbons (Fsp3) is 0.241. The number of aromatic amines is 1. The van der Waals surface area contributed by atoms with Crippen molar-refractivity contribution in [2.24, 2.45) is 0 Å². The topological polar surface area (TPSA) is 91.0 Å². The molecule has 0 saturated heterocycles. The van der Waals surface area contributed by atoms with Crippen LogP contribution in [0.1, 0.15) is 53.9 Å². The Bertz CT molecular complexity index is 1510. The van der Waals surface area contributed by atoms with Crippen LogP contribution < -0.4 is 10.2 Å². The molecule has 7 nitrogen and oxygen atoms in total. The van der Waals surface area contributed by atoms with Crippen LogP contribution in [-0.4, -0.2) is 33.3 Å². The van der Waals surface area contributed by atoms with Gasteiger partial charge in [0, 0.05) is 41.7 Å². The number of carbonyl (C=O) groups excluding carboxylic acids is 2. The number of benzene rings is 2. The van der Waals surface area contributed by atoms with Crippen molar-refractivity contribution in [1.29, 1.82) is 0 Å². The summed E-state index contributed by atoms with van der Waals surface area (Å²) in [4.78, 5) is 40.9. The molecule has 0 bridgehead atoms. The molecule has 5 rings (SSSR count). The number of para-hydroxylation sites is 2. The third kappa shape index (κ3) is 5.39. The van der Waals surface area contributed by atoms with E-state index in [2.05, 4.69) is 15.3 Å². The number of hydrogen-bond donors (Lipinski definition) is 2. The predicted octanol–water partition coefficient (Wildman–Crippen LogP) is 6.04. The van der Waals surface area contributed by atoms with Gasteiger partial charge in [0.25, 0.3) is 5.91 Å². The molecule has 2 N–H and O–H groups in total. The Labute approximate surface area is 219 Å². The van der Waals surface area contributed by atoms with Crippen LogP contribution in [0.15, 0.2) is 72.9 Å². The summed E-state index contributed by atoms with van der Waals surface area (Å²) >= 11 is 1.45. The summed E-state index contributed by atoms with van der Waals surface area (Å²) in [6.07, 6.45) is 3.63. The molecule has 0 saturated carbocycles. The second kappa shape index (κ2) is 10.9. The van der Waals surface area contributed by atoms with E-state index in [9.17, 15) is 9.59 Å². The lowest BCUT2D eigenvalue weighted by Crippen LogP contribution is -2.33. The molecule has 188 valence electrons. The Morgan fingerprint density at radius 1 is 1.08 bits per heavy atom. The summed E-state index contributed by atoms with van der Waals surface area (Å²) in [5.41, 5.74) is 3.55. The van der Waals surface area contributed by atoms with Crippen LogP contribution in [0.5, 0.6) is 0 Å². The first-order chi connectivity index (χ1) is 18.0. The maximum absolute atomic E-state index is 13.3. The average molecular weight is 512 g/mol. The number of imidazole rings is 1. The summed E-state index contributed by atoms with van der Waals surface area (Å²) < 4.78 is 0.998. The third-order valence-electron chi connectivity index (χ3n) is 6.32. The van der Waals surface area contributed by atoms with Gasteiger partial charge >= 0.3 is 0 Å². The van der Waals surface area contributed by atoms with Crippen LogP contribution in [0.25, 0.3) is 21.1 Å². The van der Waals surface area contributed by atoms with Gasteiger partial charge in [0.05, 0.1) is 22.0 Å². The quantitative estimate of drug-likeness (QED) is 0.252. The zero-order chi connectivity index (χ0) is 25.8. The Balaban J connectivity index is 1.38. The van der Waals surface area contributed by atoms with Crippen molar-refractivity contribution in [3.63, 3.8) is 0 Å².